The number of amides is 2. The van der Waals surface area contributed by atoms with Crippen LogP contribution in [0.1, 0.15) is 12.2 Å². The highest BCUT2D eigenvalue weighted by molar-refractivity contribution is 8.15. The van der Waals surface area contributed by atoms with Crippen LogP contribution in [-0.4, -0.2) is 35.6 Å². The maximum atomic E-state index is 12.1. The van der Waals surface area contributed by atoms with E-state index in [-0.39, 0.29) is 18.2 Å². The number of nitrogens with one attached hydrogen (secondary N) is 2. The van der Waals surface area contributed by atoms with Crippen LogP contribution in [0.4, 0.5) is 5.69 Å². The second-order valence-corrected chi connectivity index (χ2v) is 6.43. The van der Waals surface area contributed by atoms with E-state index in [9.17, 15) is 9.59 Å². The van der Waals surface area contributed by atoms with Crippen LogP contribution >= 0.6 is 11.8 Å². The fraction of sp³-hybridized carbons (Fsp3) is 0.176. The fourth-order valence-corrected chi connectivity index (χ4v) is 3.07. The van der Waals surface area contributed by atoms with Gasteiger partial charge in [-0.1, -0.05) is 11.8 Å². The molecule has 1 aromatic heterocycles. The minimum absolute atomic E-state index is 0.0312. The van der Waals surface area contributed by atoms with Gasteiger partial charge in [-0.2, -0.15) is 5.10 Å². The van der Waals surface area contributed by atoms with Gasteiger partial charge >= 0.3 is 0 Å². The SMILES string of the molecule is COc1ccc(NC(=O)C[C@@H]2S/C(=N/N=C\c3ccco3)NC2=O)cc1. The van der Waals surface area contributed by atoms with Gasteiger partial charge in [0.15, 0.2) is 5.17 Å². The Balaban J connectivity index is 1.52. The Morgan fingerprint density at radius 1 is 1.38 bits per heavy atom. The van der Waals surface area contributed by atoms with Gasteiger partial charge in [0.1, 0.15) is 16.8 Å². The van der Waals surface area contributed by atoms with E-state index in [4.69, 9.17) is 9.15 Å². The number of ether oxygens (including phenoxy) is 1. The number of hydrogen-bond acceptors (Lipinski definition) is 7. The zero-order valence-electron chi connectivity index (χ0n) is 13.8. The van der Waals surface area contributed by atoms with E-state index in [2.05, 4.69) is 20.8 Å². The minimum Gasteiger partial charge on any atom is -0.497 e. The summed E-state index contributed by atoms with van der Waals surface area (Å²) in [6.45, 7) is 0. The number of anilines is 1. The predicted octanol–water partition coefficient (Wildman–Crippen LogP) is 2.24. The van der Waals surface area contributed by atoms with Gasteiger partial charge in [0.05, 0.1) is 19.6 Å². The van der Waals surface area contributed by atoms with Gasteiger partial charge in [-0.25, -0.2) is 0 Å². The number of rotatable bonds is 6. The molecule has 1 atom stereocenters. The third kappa shape index (κ3) is 4.73. The first-order valence-electron chi connectivity index (χ1n) is 7.70. The number of carbonyl (C=O) groups is 2. The number of benzene rings is 1. The summed E-state index contributed by atoms with van der Waals surface area (Å²) in [7, 11) is 1.57. The Hall–Kier alpha value is -3.07. The van der Waals surface area contributed by atoms with E-state index < -0.39 is 5.25 Å². The van der Waals surface area contributed by atoms with E-state index >= 15 is 0 Å². The molecule has 1 saturated heterocycles. The molecule has 26 heavy (non-hydrogen) atoms. The van der Waals surface area contributed by atoms with Gasteiger partial charge in [-0.3, -0.25) is 9.59 Å². The van der Waals surface area contributed by atoms with Crippen molar-refractivity contribution in [2.24, 2.45) is 10.2 Å². The largest absolute Gasteiger partial charge is 0.497 e. The standard InChI is InChI=1S/C17H16N4O4S/c1-24-12-6-4-11(5-7-12)19-15(22)9-14-16(23)20-17(26-14)21-18-10-13-3-2-8-25-13/h2-8,10,14H,9H2,1H3,(H,19,22)(H,20,21,23)/b18-10-/t14-/m0/s1. The highest BCUT2D eigenvalue weighted by Crippen LogP contribution is 2.23. The van der Waals surface area contributed by atoms with Gasteiger partial charge in [0.25, 0.3) is 0 Å². The zero-order chi connectivity index (χ0) is 18.4. The summed E-state index contributed by atoms with van der Waals surface area (Å²) in [5, 5.41) is 12.9. The molecule has 134 valence electrons. The molecule has 2 aromatic rings. The van der Waals surface area contributed by atoms with Crippen LogP contribution in [0.15, 0.2) is 57.3 Å². The maximum absolute atomic E-state index is 12.1. The number of hydrogen-bond donors (Lipinski definition) is 2. The molecule has 0 spiro atoms. The third-order valence-electron chi connectivity index (χ3n) is 3.40. The van der Waals surface area contributed by atoms with Crippen LogP contribution in [0, 0.1) is 0 Å². The molecule has 0 radical (unpaired) electrons. The molecule has 1 aromatic carbocycles. The highest BCUT2D eigenvalue weighted by atomic mass is 32.2. The molecule has 1 fully saturated rings. The second kappa shape index (κ2) is 8.34. The highest BCUT2D eigenvalue weighted by Gasteiger charge is 2.32. The van der Waals surface area contributed by atoms with Crippen LogP contribution in [-0.2, 0) is 9.59 Å². The molecule has 8 nitrogen and oxygen atoms in total. The zero-order valence-corrected chi connectivity index (χ0v) is 14.7. The monoisotopic (exact) mass is 372 g/mol. The normalized spacial score (nSPS) is 18.3. The molecular weight excluding hydrogens is 356 g/mol. The molecule has 2 heterocycles. The van der Waals surface area contributed by atoms with Crippen LogP contribution in [0.3, 0.4) is 0 Å². The molecule has 3 rings (SSSR count). The molecule has 9 heteroatoms. The van der Waals surface area contributed by atoms with E-state index in [1.807, 2.05) is 0 Å². The first kappa shape index (κ1) is 17.7. The van der Waals surface area contributed by atoms with Crippen LogP contribution in [0.2, 0.25) is 0 Å². The average molecular weight is 372 g/mol. The van der Waals surface area contributed by atoms with E-state index in [1.165, 1.54) is 24.2 Å². The van der Waals surface area contributed by atoms with Crippen molar-refractivity contribution in [3.63, 3.8) is 0 Å². The molecule has 2 amide bonds. The molecule has 2 N–H and O–H groups in total. The quantitative estimate of drug-likeness (QED) is 0.598. The molecule has 0 saturated carbocycles. The van der Waals surface area contributed by atoms with E-state index in [0.717, 1.165) is 0 Å². The number of amidine groups is 1. The summed E-state index contributed by atoms with van der Waals surface area (Å²) >= 11 is 1.17. The van der Waals surface area contributed by atoms with Gasteiger partial charge < -0.3 is 19.8 Å². The molecule has 0 bridgehead atoms. The first-order valence-corrected chi connectivity index (χ1v) is 8.58. The predicted molar refractivity (Wildman–Crippen MR) is 99.5 cm³/mol. The summed E-state index contributed by atoms with van der Waals surface area (Å²) < 4.78 is 10.2. The van der Waals surface area contributed by atoms with Crippen molar-refractivity contribution in [3.8, 4) is 5.75 Å². The van der Waals surface area contributed by atoms with Crippen molar-refractivity contribution < 1.29 is 18.7 Å². The topological polar surface area (TPSA) is 105 Å². The van der Waals surface area contributed by atoms with Crippen molar-refractivity contribution in [1.29, 1.82) is 0 Å². The molecule has 1 aliphatic heterocycles. The Bertz CT molecular complexity index is 831. The van der Waals surface area contributed by atoms with Gasteiger partial charge in [-0.05, 0) is 36.4 Å². The Morgan fingerprint density at radius 2 is 2.19 bits per heavy atom. The lowest BCUT2D eigenvalue weighted by atomic mass is 10.2. The van der Waals surface area contributed by atoms with E-state index in [1.54, 1.807) is 43.5 Å². The van der Waals surface area contributed by atoms with Crippen molar-refractivity contribution in [2.75, 3.05) is 12.4 Å². The molecular formula is C17H16N4O4S. The van der Waals surface area contributed by atoms with Crippen LogP contribution in [0.5, 0.6) is 5.75 Å². The lowest BCUT2D eigenvalue weighted by Crippen LogP contribution is -2.28. The van der Waals surface area contributed by atoms with Gasteiger partial charge in [0, 0.05) is 12.1 Å². The summed E-state index contributed by atoms with van der Waals surface area (Å²) in [6, 6.07) is 10.4. The van der Waals surface area contributed by atoms with Crippen LogP contribution < -0.4 is 15.4 Å². The fourth-order valence-electron chi connectivity index (χ4n) is 2.14. The van der Waals surface area contributed by atoms with E-state index in [0.29, 0.717) is 22.4 Å². The number of thioether (sulfide) groups is 1. The number of nitrogens with zero attached hydrogens (tertiary/aromatic N) is 2. The van der Waals surface area contributed by atoms with Crippen molar-refractivity contribution in [3.05, 3.63) is 48.4 Å². The average Bonchev–Trinajstić information content (AvgIpc) is 3.26. The second-order valence-electron chi connectivity index (χ2n) is 5.24. The smallest absolute Gasteiger partial charge is 0.240 e. The molecule has 0 unspecified atom stereocenters. The van der Waals surface area contributed by atoms with Crippen molar-refractivity contribution in [1.82, 2.24) is 5.32 Å². The number of furan rings is 1. The van der Waals surface area contributed by atoms with Crippen molar-refractivity contribution in [2.45, 2.75) is 11.7 Å². The van der Waals surface area contributed by atoms with Gasteiger partial charge in [0.2, 0.25) is 11.8 Å². The first-order chi connectivity index (χ1) is 12.6. The van der Waals surface area contributed by atoms with Crippen molar-refractivity contribution >= 4 is 40.6 Å². The number of methoxy groups -OCH3 is 1. The summed E-state index contributed by atoms with van der Waals surface area (Å²) in [4.78, 5) is 24.1. The summed E-state index contributed by atoms with van der Waals surface area (Å²) in [5.41, 5.74) is 0.635. The molecule has 1 aliphatic rings. The molecule has 0 aliphatic carbocycles. The Morgan fingerprint density at radius 3 is 2.88 bits per heavy atom. The third-order valence-corrected chi connectivity index (χ3v) is 4.47. The Labute approximate surface area is 153 Å². The summed E-state index contributed by atoms with van der Waals surface area (Å²) in [5.74, 6) is 0.721. The lowest BCUT2D eigenvalue weighted by Gasteiger charge is -2.08. The number of carbonyl (C=O) groups excluding carboxylic acids is 2. The summed E-state index contributed by atoms with van der Waals surface area (Å²) in [6.07, 6.45) is 2.99. The van der Waals surface area contributed by atoms with Gasteiger partial charge in [-0.15, -0.1) is 5.10 Å². The minimum atomic E-state index is -0.550. The maximum Gasteiger partial charge on any atom is 0.240 e. The Kier molecular flexibility index (Phi) is 5.69. The lowest BCUT2D eigenvalue weighted by molar-refractivity contribution is -0.122. The van der Waals surface area contributed by atoms with Crippen LogP contribution in [0.25, 0.3) is 0 Å².